The zero-order valence-electron chi connectivity index (χ0n) is 10.4. The molecule has 0 aliphatic carbocycles. The van der Waals surface area contributed by atoms with Gasteiger partial charge in [0.25, 0.3) is 10.0 Å². The van der Waals surface area contributed by atoms with E-state index < -0.39 is 10.0 Å². The number of aromatic nitrogens is 1. The Kier molecular flexibility index (Phi) is 3.52. The first-order valence-corrected chi connectivity index (χ1v) is 8.04. The van der Waals surface area contributed by atoms with Gasteiger partial charge in [0.2, 0.25) is 0 Å². The summed E-state index contributed by atoms with van der Waals surface area (Å²) < 4.78 is 32.2. The van der Waals surface area contributed by atoms with Crippen LogP contribution in [0, 0.1) is 0 Å². The van der Waals surface area contributed by atoms with E-state index in [-0.39, 0.29) is 20.8 Å². The summed E-state index contributed by atoms with van der Waals surface area (Å²) in [7, 11) is -3.97. The van der Waals surface area contributed by atoms with Crippen LogP contribution in [0.5, 0.6) is 0 Å². The lowest BCUT2D eigenvalue weighted by atomic mass is 10.2. The van der Waals surface area contributed by atoms with E-state index in [9.17, 15) is 8.42 Å². The first-order valence-electron chi connectivity index (χ1n) is 5.80. The van der Waals surface area contributed by atoms with Gasteiger partial charge < -0.3 is 4.52 Å². The summed E-state index contributed by atoms with van der Waals surface area (Å²) in [5, 5.41) is 4.32. The van der Waals surface area contributed by atoms with Crippen molar-refractivity contribution in [1.29, 1.82) is 0 Å². The van der Waals surface area contributed by atoms with E-state index in [1.54, 1.807) is 30.3 Å². The van der Waals surface area contributed by atoms with E-state index in [0.29, 0.717) is 11.0 Å². The van der Waals surface area contributed by atoms with E-state index in [2.05, 4.69) is 9.88 Å². The lowest BCUT2D eigenvalue weighted by Gasteiger charge is -2.08. The van der Waals surface area contributed by atoms with E-state index in [1.165, 1.54) is 12.1 Å². The molecule has 108 valence electrons. The van der Waals surface area contributed by atoms with Gasteiger partial charge >= 0.3 is 0 Å². The highest BCUT2D eigenvalue weighted by atomic mass is 35.5. The Morgan fingerprint density at radius 1 is 1.00 bits per heavy atom. The summed E-state index contributed by atoms with van der Waals surface area (Å²) in [6, 6.07) is 11.3. The maximum Gasteiger partial charge on any atom is 0.266 e. The quantitative estimate of drug-likeness (QED) is 0.782. The van der Waals surface area contributed by atoms with Crippen LogP contribution in [0.1, 0.15) is 0 Å². The van der Waals surface area contributed by atoms with Gasteiger partial charge in [-0.3, -0.25) is 4.72 Å². The number of anilines is 1. The number of rotatable bonds is 3. The lowest BCUT2D eigenvalue weighted by molar-refractivity contribution is 0.460. The van der Waals surface area contributed by atoms with E-state index in [1.807, 2.05) is 0 Å². The molecular weight excluding hydrogens is 335 g/mol. The van der Waals surface area contributed by atoms with Crippen molar-refractivity contribution in [3.05, 3.63) is 52.5 Å². The topological polar surface area (TPSA) is 72.2 Å². The van der Waals surface area contributed by atoms with Gasteiger partial charge in [0, 0.05) is 0 Å². The molecule has 0 unspecified atom stereocenters. The maximum atomic E-state index is 12.4. The fourth-order valence-electron chi connectivity index (χ4n) is 1.88. The minimum absolute atomic E-state index is 0.0304. The number of halogens is 2. The first kappa shape index (κ1) is 14.2. The Labute approximate surface area is 130 Å². The molecule has 3 aromatic rings. The number of nitrogens with one attached hydrogen (secondary N) is 1. The molecule has 0 spiro atoms. The number of fused-ring (bicyclic) bond motifs is 1. The minimum Gasteiger partial charge on any atom is -0.354 e. The Morgan fingerprint density at radius 3 is 2.38 bits per heavy atom. The molecule has 1 heterocycles. The van der Waals surface area contributed by atoms with Crippen LogP contribution in [0.25, 0.3) is 11.0 Å². The molecule has 3 rings (SSSR count). The summed E-state index contributed by atoms with van der Waals surface area (Å²) in [6.07, 6.45) is 0. The van der Waals surface area contributed by atoms with Crippen LogP contribution in [0.2, 0.25) is 10.0 Å². The predicted molar refractivity (Wildman–Crippen MR) is 81.3 cm³/mol. The normalized spacial score (nSPS) is 11.7. The molecule has 0 atom stereocenters. The molecule has 1 N–H and O–H groups in total. The van der Waals surface area contributed by atoms with Gasteiger partial charge in [-0.1, -0.05) is 46.6 Å². The summed E-state index contributed by atoms with van der Waals surface area (Å²) in [6.45, 7) is 0. The van der Waals surface area contributed by atoms with Gasteiger partial charge in [-0.15, -0.1) is 0 Å². The molecule has 5 nitrogen and oxygen atoms in total. The number of nitrogens with zero attached hydrogens (tertiary/aromatic N) is 1. The maximum absolute atomic E-state index is 12.4. The van der Waals surface area contributed by atoms with Crippen molar-refractivity contribution in [2.24, 2.45) is 0 Å². The predicted octanol–water partition coefficient (Wildman–Crippen LogP) is 3.94. The van der Waals surface area contributed by atoms with Crippen molar-refractivity contribution < 1.29 is 12.9 Å². The second-order valence-corrected chi connectivity index (χ2v) is 6.62. The number of benzene rings is 2. The monoisotopic (exact) mass is 342 g/mol. The van der Waals surface area contributed by atoms with Crippen molar-refractivity contribution in [1.82, 2.24) is 5.16 Å². The fraction of sp³-hybridized carbons (Fsp3) is 0. The molecule has 0 saturated heterocycles. The fourth-order valence-corrected chi connectivity index (χ4v) is 4.04. The molecule has 0 aliphatic heterocycles. The number of hydrogen-bond acceptors (Lipinski definition) is 4. The first-order chi connectivity index (χ1) is 9.99. The van der Waals surface area contributed by atoms with E-state index in [0.717, 1.165) is 0 Å². The van der Waals surface area contributed by atoms with Gasteiger partial charge in [0.05, 0.1) is 15.4 Å². The molecule has 0 radical (unpaired) electrons. The van der Waals surface area contributed by atoms with Gasteiger partial charge in [-0.25, -0.2) is 8.42 Å². The standard InChI is InChI=1S/C13H8Cl2N2O3S/c14-9-5-3-6-10(15)12(9)21(18,19)17-13-8-4-1-2-7-11(8)20-16-13/h1-7H,(H,16,17). The van der Waals surface area contributed by atoms with Crippen LogP contribution >= 0.6 is 23.2 Å². The number of hydrogen-bond donors (Lipinski definition) is 1. The molecule has 0 aliphatic rings. The van der Waals surface area contributed by atoms with Crippen LogP contribution < -0.4 is 4.72 Å². The Bertz CT molecular complexity index is 902. The average Bonchev–Trinajstić information content (AvgIpc) is 2.81. The average molecular weight is 343 g/mol. The van der Waals surface area contributed by atoms with Crippen LogP contribution in [0.3, 0.4) is 0 Å². The Balaban J connectivity index is 2.08. The molecule has 21 heavy (non-hydrogen) atoms. The van der Waals surface area contributed by atoms with Crippen LogP contribution in [0.15, 0.2) is 51.9 Å². The third kappa shape index (κ3) is 2.57. The molecule has 0 bridgehead atoms. The van der Waals surface area contributed by atoms with Crippen LogP contribution in [0.4, 0.5) is 5.82 Å². The SMILES string of the molecule is O=S(=O)(Nc1noc2ccccc12)c1c(Cl)cccc1Cl. The largest absolute Gasteiger partial charge is 0.354 e. The highest BCUT2D eigenvalue weighted by Crippen LogP contribution is 2.31. The van der Waals surface area contributed by atoms with Crippen LogP contribution in [-0.2, 0) is 10.0 Å². The molecule has 1 aromatic heterocycles. The smallest absolute Gasteiger partial charge is 0.266 e. The minimum atomic E-state index is -3.97. The van der Waals surface area contributed by atoms with Crippen molar-refractivity contribution in [2.45, 2.75) is 4.90 Å². The zero-order chi connectivity index (χ0) is 15.0. The summed E-state index contributed by atoms with van der Waals surface area (Å²) in [5.74, 6) is 0.0848. The van der Waals surface area contributed by atoms with Gasteiger partial charge in [-0.2, -0.15) is 0 Å². The number of para-hydroxylation sites is 1. The van der Waals surface area contributed by atoms with Crippen molar-refractivity contribution >= 4 is 50.0 Å². The van der Waals surface area contributed by atoms with Gasteiger partial charge in [0.15, 0.2) is 11.4 Å². The Morgan fingerprint density at radius 2 is 1.67 bits per heavy atom. The van der Waals surface area contributed by atoms with Crippen molar-refractivity contribution in [3.8, 4) is 0 Å². The second kappa shape index (κ2) is 5.22. The van der Waals surface area contributed by atoms with Crippen LogP contribution in [-0.4, -0.2) is 13.6 Å². The van der Waals surface area contributed by atoms with E-state index in [4.69, 9.17) is 27.7 Å². The molecular formula is C13H8Cl2N2O3S. The zero-order valence-corrected chi connectivity index (χ0v) is 12.7. The van der Waals surface area contributed by atoms with Crippen molar-refractivity contribution in [3.63, 3.8) is 0 Å². The molecule has 2 aromatic carbocycles. The second-order valence-electron chi connectivity index (χ2n) is 4.18. The summed E-state index contributed by atoms with van der Waals surface area (Å²) >= 11 is 11.8. The molecule has 8 heteroatoms. The highest BCUT2D eigenvalue weighted by molar-refractivity contribution is 7.93. The lowest BCUT2D eigenvalue weighted by Crippen LogP contribution is -2.14. The third-order valence-corrected chi connectivity index (χ3v) is 5.09. The summed E-state index contributed by atoms with van der Waals surface area (Å²) in [4.78, 5) is -0.194. The van der Waals surface area contributed by atoms with Crippen molar-refractivity contribution in [2.75, 3.05) is 4.72 Å². The molecule has 0 amide bonds. The molecule has 0 saturated carbocycles. The summed E-state index contributed by atoms with van der Waals surface area (Å²) in [5.41, 5.74) is 0.473. The van der Waals surface area contributed by atoms with Gasteiger partial charge in [0.1, 0.15) is 4.90 Å². The van der Waals surface area contributed by atoms with E-state index >= 15 is 0 Å². The third-order valence-electron chi connectivity index (χ3n) is 2.80. The molecule has 0 fully saturated rings. The highest BCUT2D eigenvalue weighted by Gasteiger charge is 2.23. The number of sulfonamides is 1. The Hall–Kier alpha value is -1.76. The van der Waals surface area contributed by atoms with Gasteiger partial charge in [-0.05, 0) is 24.3 Å².